The van der Waals surface area contributed by atoms with E-state index in [4.69, 9.17) is 18.9 Å². The zero-order chi connectivity index (χ0) is 35.4. The van der Waals surface area contributed by atoms with E-state index in [-0.39, 0.29) is 30.7 Å². The molecule has 2 aromatic rings. The molecule has 2 saturated carbocycles. The molecule has 2 N–H and O–H groups in total. The number of aryl methyl sites for hydroxylation is 1. The topological polar surface area (TPSA) is 162 Å². The number of carbonyl (C=O) groups excluding carboxylic acids is 5. The predicted molar refractivity (Wildman–Crippen MR) is 181 cm³/mol. The van der Waals surface area contributed by atoms with Gasteiger partial charge in [0.15, 0.2) is 5.69 Å². The number of benzene rings is 1. The first-order valence-electron chi connectivity index (χ1n) is 17.6. The Morgan fingerprint density at radius 1 is 1.00 bits per heavy atom. The molecule has 3 heterocycles. The van der Waals surface area contributed by atoms with Crippen LogP contribution in [0, 0.1) is 12.8 Å². The summed E-state index contributed by atoms with van der Waals surface area (Å²) < 4.78 is 22.2. The SMILES string of the molecule is COC(=O)c1cc(O[C@@H]2C[C@H]3C(=O)N[C@]4(C(=O)OC)CC4C=CCCCCC[C@H](NC(=O)OC4CCCC4)C(=O)N3C2)c2cccc(C)c2n1. The van der Waals surface area contributed by atoms with Gasteiger partial charge in [0.1, 0.15) is 35.6 Å². The highest BCUT2D eigenvalue weighted by molar-refractivity contribution is 5.97. The van der Waals surface area contributed by atoms with Gasteiger partial charge in [-0.05, 0) is 69.9 Å². The van der Waals surface area contributed by atoms with Gasteiger partial charge in [0.25, 0.3) is 0 Å². The van der Waals surface area contributed by atoms with Gasteiger partial charge in [-0.2, -0.15) is 0 Å². The number of pyridine rings is 1. The molecule has 268 valence electrons. The summed E-state index contributed by atoms with van der Waals surface area (Å²) >= 11 is 0. The maximum absolute atomic E-state index is 14.4. The van der Waals surface area contributed by atoms with Crippen LogP contribution in [0.3, 0.4) is 0 Å². The highest BCUT2D eigenvalue weighted by Gasteiger charge is 2.62. The number of carbonyl (C=O) groups is 5. The van der Waals surface area contributed by atoms with Crippen molar-refractivity contribution in [2.75, 3.05) is 20.8 Å². The fraction of sp³-hybridized carbons (Fsp3) is 0.568. The molecule has 13 heteroatoms. The Balaban J connectivity index is 1.32. The van der Waals surface area contributed by atoms with Crippen molar-refractivity contribution >= 4 is 40.7 Å². The van der Waals surface area contributed by atoms with Gasteiger partial charge in [0, 0.05) is 23.8 Å². The van der Waals surface area contributed by atoms with E-state index in [0.29, 0.717) is 35.9 Å². The molecule has 3 fully saturated rings. The Kier molecular flexibility index (Phi) is 10.6. The third kappa shape index (κ3) is 7.41. The maximum Gasteiger partial charge on any atom is 0.408 e. The lowest BCUT2D eigenvalue weighted by Crippen LogP contribution is -2.56. The second kappa shape index (κ2) is 15.1. The minimum atomic E-state index is -1.23. The van der Waals surface area contributed by atoms with Crippen molar-refractivity contribution in [3.8, 4) is 5.75 Å². The van der Waals surface area contributed by atoms with Gasteiger partial charge >= 0.3 is 18.0 Å². The molecule has 1 saturated heterocycles. The van der Waals surface area contributed by atoms with Gasteiger partial charge in [-0.3, -0.25) is 9.59 Å². The van der Waals surface area contributed by atoms with E-state index in [2.05, 4.69) is 15.6 Å². The van der Waals surface area contributed by atoms with Crippen LogP contribution in [0.25, 0.3) is 10.9 Å². The standard InChI is InChI=1S/C37H46N4O9/c1-22-12-11-16-26-30(19-28(34(44)47-2)38-31(22)26)49-25-18-29-32(42)40-37(35(45)48-3)20-23(37)13-7-5-4-6-8-17-27(33(43)41(29)21-25)39-36(46)50-24-14-9-10-15-24/h7,11-13,16,19,23-25,27,29H,4-6,8-10,14-15,17-18,20-21H2,1-3H3,(H,39,46)(H,40,42)/t23?,25-,27+,29+,37-/m1/s1. The van der Waals surface area contributed by atoms with Crippen LogP contribution in [0.1, 0.15) is 86.7 Å². The average Bonchev–Trinajstić information content (AvgIpc) is 3.38. The summed E-state index contributed by atoms with van der Waals surface area (Å²) in [6, 6.07) is 5.11. The first-order chi connectivity index (χ1) is 24.1. The van der Waals surface area contributed by atoms with E-state index in [1.54, 1.807) is 0 Å². The second-order valence-electron chi connectivity index (χ2n) is 13.8. The fourth-order valence-corrected chi connectivity index (χ4v) is 7.50. The monoisotopic (exact) mass is 690 g/mol. The van der Waals surface area contributed by atoms with Gasteiger partial charge < -0.3 is 34.5 Å². The summed E-state index contributed by atoms with van der Waals surface area (Å²) in [6.07, 6.45) is 10.0. The first-order valence-corrected chi connectivity index (χ1v) is 17.6. The van der Waals surface area contributed by atoms with Crippen LogP contribution in [-0.4, -0.2) is 90.3 Å². The number of ether oxygens (including phenoxy) is 4. The number of methoxy groups -OCH3 is 2. The number of alkyl carbamates (subject to hydrolysis) is 1. The Labute approximate surface area is 291 Å². The van der Waals surface area contributed by atoms with Gasteiger partial charge in [-0.1, -0.05) is 37.1 Å². The van der Waals surface area contributed by atoms with Crippen LogP contribution in [0.15, 0.2) is 36.4 Å². The number of nitrogens with zero attached hydrogens (tertiary/aromatic N) is 2. The number of esters is 2. The van der Waals surface area contributed by atoms with Crippen molar-refractivity contribution in [3.63, 3.8) is 0 Å². The number of hydrogen-bond acceptors (Lipinski definition) is 10. The summed E-state index contributed by atoms with van der Waals surface area (Å²) in [5, 5.41) is 6.41. The molecule has 13 nitrogen and oxygen atoms in total. The number of nitrogens with one attached hydrogen (secondary N) is 2. The van der Waals surface area contributed by atoms with Crippen LogP contribution < -0.4 is 15.4 Å². The zero-order valence-electron chi connectivity index (χ0n) is 28.9. The molecule has 2 aliphatic carbocycles. The quantitative estimate of drug-likeness (QED) is 0.254. The van der Waals surface area contributed by atoms with Gasteiger partial charge in [-0.15, -0.1) is 0 Å². The van der Waals surface area contributed by atoms with E-state index in [1.807, 2.05) is 37.3 Å². The summed E-state index contributed by atoms with van der Waals surface area (Å²) in [5.74, 6) is -2.00. The Bertz CT molecular complexity index is 1670. The lowest BCUT2D eigenvalue weighted by atomic mass is 10.0. The highest BCUT2D eigenvalue weighted by atomic mass is 16.6. The van der Waals surface area contributed by atoms with Crippen molar-refractivity contribution in [1.29, 1.82) is 0 Å². The predicted octanol–water partition coefficient (Wildman–Crippen LogP) is 4.28. The smallest absolute Gasteiger partial charge is 0.408 e. The number of para-hydroxylation sites is 1. The molecular weight excluding hydrogens is 644 g/mol. The lowest BCUT2D eigenvalue weighted by Gasteiger charge is -2.29. The third-order valence-corrected chi connectivity index (χ3v) is 10.3. The van der Waals surface area contributed by atoms with E-state index in [9.17, 15) is 24.0 Å². The minimum Gasteiger partial charge on any atom is -0.488 e. The lowest BCUT2D eigenvalue weighted by molar-refractivity contribution is -0.148. The number of fused-ring (bicyclic) bond motifs is 3. The number of aromatic nitrogens is 1. The Morgan fingerprint density at radius 2 is 1.78 bits per heavy atom. The molecular formula is C37H46N4O9. The molecule has 0 bridgehead atoms. The summed E-state index contributed by atoms with van der Waals surface area (Å²) in [7, 11) is 2.56. The average molecular weight is 691 g/mol. The molecule has 6 rings (SSSR count). The van der Waals surface area contributed by atoms with E-state index < -0.39 is 53.6 Å². The number of amides is 3. The molecule has 1 aromatic heterocycles. The molecule has 50 heavy (non-hydrogen) atoms. The van der Waals surface area contributed by atoms with E-state index in [1.165, 1.54) is 25.2 Å². The molecule has 0 spiro atoms. The number of rotatable bonds is 6. The first kappa shape index (κ1) is 35.2. The van der Waals surface area contributed by atoms with Crippen LogP contribution in [0.4, 0.5) is 4.79 Å². The van der Waals surface area contributed by atoms with Gasteiger partial charge in [-0.25, -0.2) is 19.4 Å². The molecule has 1 unspecified atom stereocenters. The normalized spacial score (nSPS) is 27.3. The zero-order valence-corrected chi connectivity index (χ0v) is 28.9. The minimum absolute atomic E-state index is 0.0184. The van der Waals surface area contributed by atoms with Crippen LogP contribution in [0.2, 0.25) is 0 Å². The van der Waals surface area contributed by atoms with Crippen molar-refractivity contribution in [2.24, 2.45) is 5.92 Å². The summed E-state index contributed by atoms with van der Waals surface area (Å²) in [4.78, 5) is 73.2. The highest BCUT2D eigenvalue weighted by Crippen LogP contribution is 2.46. The van der Waals surface area contributed by atoms with Crippen LogP contribution >= 0.6 is 0 Å². The maximum atomic E-state index is 14.4. The second-order valence-corrected chi connectivity index (χ2v) is 13.8. The van der Waals surface area contributed by atoms with Crippen molar-refractivity contribution < 1.29 is 42.9 Å². The molecule has 2 aliphatic heterocycles. The Morgan fingerprint density at radius 3 is 2.54 bits per heavy atom. The fourth-order valence-electron chi connectivity index (χ4n) is 7.50. The van der Waals surface area contributed by atoms with Crippen LogP contribution in [-0.2, 0) is 28.6 Å². The van der Waals surface area contributed by atoms with Gasteiger partial charge in [0.05, 0.1) is 26.3 Å². The third-order valence-electron chi connectivity index (χ3n) is 10.3. The largest absolute Gasteiger partial charge is 0.488 e. The van der Waals surface area contributed by atoms with E-state index in [0.717, 1.165) is 50.5 Å². The molecule has 1 aromatic carbocycles. The van der Waals surface area contributed by atoms with Crippen molar-refractivity contribution in [2.45, 2.75) is 107 Å². The molecule has 3 amide bonds. The molecule has 0 radical (unpaired) electrons. The van der Waals surface area contributed by atoms with E-state index >= 15 is 0 Å². The number of hydrogen-bond donors (Lipinski definition) is 2. The molecule has 4 aliphatic rings. The molecule has 5 atom stereocenters. The summed E-state index contributed by atoms with van der Waals surface area (Å²) in [6.45, 7) is 1.89. The van der Waals surface area contributed by atoms with Gasteiger partial charge in [0.2, 0.25) is 11.8 Å². The summed E-state index contributed by atoms with van der Waals surface area (Å²) in [5.41, 5.74) is 0.216. The number of allylic oxidation sites excluding steroid dienone is 1. The van der Waals surface area contributed by atoms with Crippen molar-refractivity contribution in [1.82, 2.24) is 20.5 Å². The Hall–Kier alpha value is -4.68. The van der Waals surface area contributed by atoms with Crippen molar-refractivity contribution in [3.05, 3.63) is 47.7 Å². The van der Waals surface area contributed by atoms with Crippen LogP contribution in [0.5, 0.6) is 5.75 Å².